The predicted octanol–water partition coefficient (Wildman–Crippen LogP) is 7.30. The molecular weight excluding hydrogens is 512 g/mol. The van der Waals surface area contributed by atoms with Gasteiger partial charge in [-0.05, 0) is 60.2 Å². The Balaban J connectivity index is 1.67. The SMILES string of the molecule is COc1ccccc1NC(=S)N=Nc1c(O)n(Cc2ccc(Cl)cc2)c2ccc(Br)cc12. The smallest absolute Gasteiger partial charge is 0.221 e. The van der Waals surface area contributed by atoms with Gasteiger partial charge in [0.2, 0.25) is 11.0 Å². The van der Waals surface area contributed by atoms with Gasteiger partial charge >= 0.3 is 0 Å². The summed E-state index contributed by atoms with van der Waals surface area (Å²) in [6.07, 6.45) is 0. The molecule has 0 amide bonds. The fourth-order valence-electron chi connectivity index (χ4n) is 3.31. The molecule has 0 atom stereocenters. The van der Waals surface area contributed by atoms with Crippen LogP contribution in [0, 0.1) is 0 Å². The molecule has 0 radical (unpaired) electrons. The number of methoxy groups -OCH3 is 1. The molecule has 4 aromatic rings. The van der Waals surface area contributed by atoms with Crippen molar-refractivity contribution >= 4 is 67.1 Å². The van der Waals surface area contributed by atoms with Crippen LogP contribution >= 0.6 is 39.7 Å². The van der Waals surface area contributed by atoms with Crippen LogP contribution in [0.1, 0.15) is 5.56 Å². The first-order valence-electron chi connectivity index (χ1n) is 9.57. The van der Waals surface area contributed by atoms with E-state index in [9.17, 15) is 5.11 Å². The van der Waals surface area contributed by atoms with Gasteiger partial charge in [0.25, 0.3) is 0 Å². The quantitative estimate of drug-likeness (QED) is 0.210. The van der Waals surface area contributed by atoms with E-state index in [0.29, 0.717) is 28.7 Å². The lowest BCUT2D eigenvalue weighted by atomic mass is 10.2. The summed E-state index contributed by atoms with van der Waals surface area (Å²) in [5.74, 6) is 0.633. The molecule has 162 valence electrons. The number of nitrogens with one attached hydrogen (secondary N) is 1. The lowest BCUT2D eigenvalue weighted by Crippen LogP contribution is -2.06. The van der Waals surface area contributed by atoms with Crippen molar-refractivity contribution in [3.05, 3.63) is 81.8 Å². The molecule has 0 spiro atoms. The highest BCUT2D eigenvalue weighted by Crippen LogP contribution is 2.40. The van der Waals surface area contributed by atoms with E-state index in [-0.39, 0.29) is 11.0 Å². The molecule has 1 heterocycles. The van der Waals surface area contributed by atoms with Crippen molar-refractivity contribution in [2.24, 2.45) is 10.2 Å². The molecule has 0 aliphatic rings. The predicted molar refractivity (Wildman–Crippen MR) is 136 cm³/mol. The van der Waals surface area contributed by atoms with E-state index >= 15 is 0 Å². The average molecular weight is 530 g/mol. The number of ether oxygens (including phenoxy) is 1. The van der Waals surface area contributed by atoms with Gasteiger partial charge < -0.3 is 19.7 Å². The van der Waals surface area contributed by atoms with Gasteiger partial charge in [0.15, 0.2) is 5.69 Å². The summed E-state index contributed by atoms with van der Waals surface area (Å²) in [6.45, 7) is 0.445. The standard InChI is InChI=1S/C23H18BrClN4O2S/c1-31-20-5-3-2-4-18(20)26-23(32)28-27-21-17-12-15(24)8-11-19(17)29(22(21)30)13-14-6-9-16(25)10-7-14/h2-12,30H,13H2,1H3,(H,26,32). The van der Waals surface area contributed by atoms with Crippen molar-refractivity contribution in [3.8, 4) is 11.6 Å². The highest BCUT2D eigenvalue weighted by Gasteiger charge is 2.17. The summed E-state index contributed by atoms with van der Waals surface area (Å²) in [5, 5.41) is 23.9. The van der Waals surface area contributed by atoms with E-state index in [4.69, 9.17) is 28.6 Å². The van der Waals surface area contributed by atoms with Crippen LogP contribution in [0.15, 0.2) is 81.4 Å². The van der Waals surface area contributed by atoms with Crippen LogP contribution in [0.5, 0.6) is 11.6 Å². The van der Waals surface area contributed by atoms with E-state index in [1.54, 1.807) is 11.7 Å². The van der Waals surface area contributed by atoms with E-state index in [2.05, 4.69) is 31.5 Å². The second-order valence-electron chi connectivity index (χ2n) is 6.88. The first-order chi connectivity index (χ1) is 15.5. The van der Waals surface area contributed by atoms with Crippen LogP contribution in [0.3, 0.4) is 0 Å². The maximum Gasteiger partial charge on any atom is 0.221 e. The normalized spacial score (nSPS) is 11.2. The van der Waals surface area contributed by atoms with Crippen molar-refractivity contribution in [2.75, 3.05) is 12.4 Å². The number of fused-ring (bicyclic) bond motifs is 1. The van der Waals surface area contributed by atoms with Gasteiger partial charge in [-0.25, -0.2) is 0 Å². The lowest BCUT2D eigenvalue weighted by molar-refractivity contribution is 0.417. The Bertz CT molecular complexity index is 1320. The Hall–Kier alpha value is -2.94. The van der Waals surface area contributed by atoms with E-state index in [1.807, 2.05) is 66.7 Å². The highest BCUT2D eigenvalue weighted by atomic mass is 79.9. The minimum atomic E-state index is -0.00288. The Morgan fingerprint density at radius 3 is 2.66 bits per heavy atom. The van der Waals surface area contributed by atoms with Crippen LogP contribution in [0.25, 0.3) is 10.9 Å². The Labute approximate surface area is 203 Å². The molecule has 0 aliphatic heterocycles. The Morgan fingerprint density at radius 1 is 1.16 bits per heavy atom. The van der Waals surface area contributed by atoms with E-state index in [1.165, 1.54) is 0 Å². The monoisotopic (exact) mass is 528 g/mol. The van der Waals surface area contributed by atoms with Crippen molar-refractivity contribution in [1.29, 1.82) is 0 Å². The van der Waals surface area contributed by atoms with Crippen molar-refractivity contribution in [2.45, 2.75) is 6.54 Å². The molecule has 6 nitrogen and oxygen atoms in total. The Morgan fingerprint density at radius 2 is 1.91 bits per heavy atom. The van der Waals surface area contributed by atoms with E-state index < -0.39 is 0 Å². The fourth-order valence-corrected chi connectivity index (χ4v) is 3.95. The molecule has 0 aliphatic carbocycles. The number of aromatic hydroxyl groups is 1. The van der Waals surface area contributed by atoms with Crippen LogP contribution in [-0.4, -0.2) is 21.9 Å². The zero-order valence-corrected chi connectivity index (χ0v) is 20.1. The number of halogens is 2. The molecule has 32 heavy (non-hydrogen) atoms. The summed E-state index contributed by atoms with van der Waals surface area (Å²) in [5.41, 5.74) is 2.81. The third-order valence-electron chi connectivity index (χ3n) is 4.82. The second-order valence-corrected chi connectivity index (χ2v) is 8.62. The van der Waals surface area contributed by atoms with Gasteiger partial charge in [-0.15, -0.1) is 10.2 Å². The number of nitrogens with zero attached hydrogens (tertiary/aromatic N) is 3. The van der Waals surface area contributed by atoms with Gasteiger partial charge in [-0.1, -0.05) is 51.8 Å². The number of azo groups is 1. The summed E-state index contributed by atoms with van der Waals surface area (Å²) in [7, 11) is 1.58. The first-order valence-corrected chi connectivity index (χ1v) is 11.1. The maximum atomic E-state index is 11.0. The number of aromatic nitrogens is 1. The minimum Gasteiger partial charge on any atom is -0.495 e. The zero-order valence-electron chi connectivity index (χ0n) is 16.9. The van der Waals surface area contributed by atoms with Gasteiger partial charge in [0.1, 0.15) is 5.75 Å². The molecule has 1 aromatic heterocycles. The number of hydrogen-bond acceptors (Lipinski definition) is 4. The Kier molecular flexibility index (Phi) is 6.74. The van der Waals surface area contributed by atoms with Gasteiger partial charge in [-0.3, -0.25) is 0 Å². The molecule has 3 aromatic carbocycles. The minimum absolute atomic E-state index is 0.00288. The number of para-hydroxylation sites is 2. The summed E-state index contributed by atoms with van der Waals surface area (Å²) < 4.78 is 7.95. The van der Waals surface area contributed by atoms with Crippen LogP contribution in [0.4, 0.5) is 11.4 Å². The number of benzene rings is 3. The molecule has 0 saturated heterocycles. The topological polar surface area (TPSA) is 71.1 Å². The number of hydrogen-bond donors (Lipinski definition) is 2. The summed E-state index contributed by atoms with van der Waals surface area (Å²) >= 11 is 14.8. The van der Waals surface area contributed by atoms with E-state index in [0.717, 1.165) is 20.9 Å². The lowest BCUT2D eigenvalue weighted by Gasteiger charge is -2.08. The molecule has 0 bridgehead atoms. The van der Waals surface area contributed by atoms with Crippen LogP contribution in [-0.2, 0) is 6.54 Å². The van der Waals surface area contributed by atoms with Gasteiger partial charge in [0.05, 0.1) is 24.9 Å². The third-order valence-corrected chi connectivity index (χ3v) is 5.74. The fraction of sp³-hybridized carbons (Fsp3) is 0.0870. The third kappa shape index (κ3) is 4.77. The molecule has 0 unspecified atom stereocenters. The summed E-state index contributed by atoms with van der Waals surface area (Å²) in [4.78, 5) is 0. The maximum absolute atomic E-state index is 11.0. The van der Waals surface area contributed by atoms with Gasteiger partial charge in [-0.2, -0.15) is 0 Å². The molecular formula is C23H18BrClN4O2S. The van der Waals surface area contributed by atoms with Crippen LogP contribution < -0.4 is 10.1 Å². The molecule has 4 rings (SSSR count). The molecule has 0 fully saturated rings. The molecule has 2 N–H and O–H groups in total. The van der Waals surface area contributed by atoms with Crippen molar-refractivity contribution in [1.82, 2.24) is 4.57 Å². The van der Waals surface area contributed by atoms with Gasteiger partial charge in [0, 0.05) is 14.9 Å². The largest absolute Gasteiger partial charge is 0.495 e. The average Bonchev–Trinajstić information content (AvgIpc) is 3.04. The van der Waals surface area contributed by atoms with Crippen molar-refractivity contribution in [3.63, 3.8) is 0 Å². The second kappa shape index (κ2) is 9.68. The highest BCUT2D eigenvalue weighted by molar-refractivity contribution is 9.10. The first kappa shape index (κ1) is 22.3. The molecule has 0 saturated carbocycles. The van der Waals surface area contributed by atoms with Crippen molar-refractivity contribution < 1.29 is 9.84 Å². The number of anilines is 1. The summed E-state index contributed by atoms with van der Waals surface area (Å²) in [6, 6.07) is 20.5. The molecule has 9 heteroatoms. The number of thiocarbonyl (C=S) groups is 1. The zero-order chi connectivity index (χ0) is 22.7. The number of rotatable bonds is 5. The van der Waals surface area contributed by atoms with Crippen LogP contribution in [0.2, 0.25) is 5.02 Å².